The molecule has 0 aliphatic heterocycles. The summed E-state index contributed by atoms with van der Waals surface area (Å²) in [6.45, 7) is 14.2. The van der Waals surface area contributed by atoms with Gasteiger partial charge >= 0.3 is 0 Å². The van der Waals surface area contributed by atoms with Crippen LogP contribution in [0.4, 0.5) is 0 Å². The summed E-state index contributed by atoms with van der Waals surface area (Å²) < 4.78 is 5.65. The molecule has 0 saturated carbocycles. The molecule has 0 spiro atoms. The van der Waals surface area contributed by atoms with E-state index in [0.29, 0.717) is 5.41 Å². The first-order chi connectivity index (χ1) is 9.16. The molecule has 0 N–H and O–H groups in total. The van der Waals surface area contributed by atoms with Gasteiger partial charge in [-0.05, 0) is 34.9 Å². The van der Waals surface area contributed by atoms with E-state index in [1.54, 1.807) is 21.6 Å². The summed E-state index contributed by atoms with van der Waals surface area (Å²) in [6, 6.07) is 8.90. The maximum Gasteiger partial charge on any atom is 0.103 e. The largest absolute Gasteiger partial charge is 0.369 e. The van der Waals surface area contributed by atoms with Crippen molar-refractivity contribution in [3.8, 4) is 0 Å². The van der Waals surface area contributed by atoms with Gasteiger partial charge in [0.15, 0.2) is 0 Å². The van der Waals surface area contributed by atoms with Gasteiger partial charge in [-0.25, -0.2) is 0 Å². The summed E-state index contributed by atoms with van der Waals surface area (Å²) in [7, 11) is 3.55. The van der Waals surface area contributed by atoms with Gasteiger partial charge in [0.2, 0.25) is 0 Å². The Morgan fingerprint density at radius 2 is 1.50 bits per heavy atom. The third-order valence-corrected chi connectivity index (χ3v) is 4.54. The third kappa shape index (κ3) is 8.93. The second-order valence-electron chi connectivity index (χ2n) is 7.61. The van der Waals surface area contributed by atoms with Gasteiger partial charge in [-0.1, -0.05) is 75.3 Å². The van der Waals surface area contributed by atoms with Gasteiger partial charge in [-0.2, -0.15) is 0 Å². The molecule has 0 unspecified atom stereocenters. The van der Waals surface area contributed by atoms with E-state index in [9.17, 15) is 0 Å². The molecule has 0 atom stereocenters. The van der Waals surface area contributed by atoms with Gasteiger partial charge in [0.1, 0.15) is 5.94 Å². The van der Waals surface area contributed by atoms with Gasteiger partial charge in [0.25, 0.3) is 0 Å². The van der Waals surface area contributed by atoms with Gasteiger partial charge in [0, 0.05) is 4.90 Å². The Labute approximate surface area is 132 Å². The van der Waals surface area contributed by atoms with E-state index in [2.05, 4.69) is 65.8 Å². The second-order valence-corrected chi connectivity index (χ2v) is 9.93. The van der Waals surface area contributed by atoms with E-state index in [1.165, 1.54) is 10.5 Å². The van der Waals surface area contributed by atoms with Crippen molar-refractivity contribution in [1.82, 2.24) is 0 Å². The molecule has 0 aliphatic carbocycles. The molecule has 0 saturated heterocycles. The smallest absolute Gasteiger partial charge is 0.103 e. The molecule has 1 aromatic rings. The number of hydrogen-bond acceptors (Lipinski definition) is 3. The Morgan fingerprint density at radius 3 is 2.00 bits per heavy atom. The Kier molecular flexibility index (Phi) is 6.96. The molecule has 0 fully saturated rings. The Balaban J connectivity index is 2.28. The van der Waals surface area contributed by atoms with Crippen LogP contribution in [0.3, 0.4) is 0 Å². The first-order valence-corrected chi connectivity index (χ1v) is 9.44. The summed E-state index contributed by atoms with van der Waals surface area (Å²) in [5, 5.41) is 0. The van der Waals surface area contributed by atoms with Crippen LogP contribution in [0.25, 0.3) is 0 Å². The lowest BCUT2D eigenvalue weighted by Crippen LogP contribution is -2.13. The van der Waals surface area contributed by atoms with E-state index in [4.69, 9.17) is 4.74 Å². The van der Waals surface area contributed by atoms with Gasteiger partial charge in [-0.15, -0.1) is 0 Å². The van der Waals surface area contributed by atoms with E-state index in [0.717, 1.165) is 19.0 Å². The minimum absolute atomic E-state index is 0.250. The highest BCUT2D eigenvalue weighted by Crippen LogP contribution is 2.32. The van der Waals surface area contributed by atoms with Crippen LogP contribution in [0.15, 0.2) is 29.2 Å². The van der Waals surface area contributed by atoms with Gasteiger partial charge < -0.3 is 4.74 Å². The standard InChI is InChI=1S/C17H28OS2/c1-16(2,3)11-14-7-9-15(10-8-14)20-19-13-18-12-17(4,5)6/h7-10H,11-13H2,1-6H3. The molecule has 0 heterocycles. The third-order valence-electron chi connectivity index (χ3n) is 2.48. The topological polar surface area (TPSA) is 9.23 Å². The van der Waals surface area contributed by atoms with Crippen molar-refractivity contribution < 1.29 is 4.74 Å². The lowest BCUT2D eigenvalue weighted by molar-refractivity contribution is 0.106. The van der Waals surface area contributed by atoms with Crippen LogP contribution in [0.5, 0.6) is 0 Å². The van der Waals surface area contributed by atoms with Crippen molar-refractivity contribution in [2.45, 2.75) is 52.9 Å². The van der Waals surface area contributed by atoms with Crippen LogP contribution in [0.2, 0.25) is 0 Å². The minimum atomic E-state index is 0.250. The summed E-state index contributed by atoms with van der Waals surface area (Å²) >= 11 is 0. The zero-order chi connectivity index (χ0) is 15.2. The fraction of sp³-hybridized carbons (Fsp3) is 0.647. The molecule has 3 heteroatoms. The molecule has 1 rings (SSSR count). The van der Waals surface area contributed by atoms with Gasteiger partial charge in [-0.3, -0.25) is 0 Å². The molecular formula is C17H28OS2. The van der Waals surface area contributed by atoms with Crippen molar-refractivity contribution in [3.63, 3.8) is 0 Å². The normalized spacial score (nSPS) is 12.7. The molecule has 114 valence electrons. The lowest BCUT2D eigenvalue weighted by Gasteiger charge is -2.18. The molecule has 0 radical (unpaired) electrons. The summed E-state index contributed by atoms with van der Waals surface area (Å²) in [5.74, 6) is 0.742. The van der Waals surface area contributed by atoms with Crippen molar-refractivity contribution in [2.24, 2.45) is 10.8 Å². The Hall–Kier alpha value is -0.120. The predicted octanol–water partition coefficient (Wildman–Crippen LogP) is 6.04. The van der Waals surface area contributed by atoms with E-state index >= 15 is 0 Å². The fourth-order valence-corrected chi connectivity index (χ4v) is 3.42. The number of hydrogen-bond donors (Lipinski definition) is 0. The zero-order valence-electron chi connectivity index (χ0n) is 13.7. The van der Waals surface area contributed by atoms with E-state index in [1.807, 2.05) is 0 Å². The lowest BCUT2D eigenvalue weighted by atomic mass is 9.88. The van der Waals surface area contributed by atoms with Crippen molar-refractivity contribution in [3.05, 3.63) is 29.8 Å². The van der Waals surface area contributed by atoms with Crippen LogP contribution in [0.1, 0.15) is 47.1 Å². The van der Waals surface area contributed by atoms with Crippen LogP contribution in [-0.2, 0) is 11.2 Å². The molecule has 0 aromatic heterocycles. The molecule has 1 aromatic carbocycles. The highest BCUT2D eigenvalue weighted by atomic mass is 33.1. The Morgan fingerprint density at radius 1 is 0.900 bits per heavy atom. The van der Waals surface area contributed by atoms with E-state index in [-0.39, 0.29) is 5.41 Å². The van der Waals surface area contributed by atoms with Crippen molar-refractivity contribution in [1.29, 1.82) is 0 Å². The average Bonchev–Trinajstić information content (AvgIpc) is 2.27. The zero-order valence-corrected chi connectivity index (χ0v) is 15.3. The van der Waals surface area contributed by atoms with Crippen LogP contribution < -0.4 is 0 Å². The minimum Gasteiger partial charge on any atom is -0.369 e. The monoisotopic (exact) mass is 312 g/mol. The number of ether oxygens (including phenoxy) is 1. The maximum atomic E-state index is 5.65. The van der Waals surface area contributed by atoms with Gasteiger partial charge in [0.05, 0.1) is 6.61 Å². The van der Waals surface area contributed by atoms with Crippen molar-refractivity contribution in [2.75, 3.05) is 12.5 Å². The number of rotatable bonds is 6. The van der Waals surface area contributed by atoms with Crippen LogP contribution >= 0.6 is 21.6 Å². The van der Waals surface area contributed by atoms with Crippen LogP contribution in [-0.4, -0.2) is 12.5 Å². The fourth-order valence-electron chi connectivity index (χ4n) is 1.75. The number of benzene rings is 1. The highest BCUT2D eigenvalue weighted by Gasteiger charge is 2.11. The first kappa shape index (κ1) is 17.9. The van der Waals surface area contributed by atoms with Crippen molar-refractivity contribution >= 4 is 21.6 Å². The molecule has 0 amide bonds. The molecule has 0 bridgehead atoms. The quantitative estimate of drug-likeness (QED) is 0.360. The van der Waals surface area contributed by atoms with E-state index < -0.39 is 0 Å². The second kappa shape index (κ2) is 7.77. The molecule has 20 heavy (non-hydrogen) atoms. The summed E-state index contributed by atoms with van der Waals surface area (Å²) in [5.41, 5.74) is 2.01. The molecule has 1 nitrogen and oxygen atoms in total. The maximum absolute atomic E-state index is 5.65. The predicted molar refractivity (Wildman–Crippen MR) is 93.3 cm³/mol. The summed E-state index contributed by atoms with van der Waals surface area (Å²) in [4.78, 5) is 1.30. The Bertz CT molecular complexity index is 385. The molecule has 0 aliphatic rings. The first-order valence-electron chi connectivity index (χ1n) is 7.12. The highest BCUT2D eigenvalue weighted by molar-refractivity contribution is 8.76. The average molecular weight is 313 g/mol. The SMILES string of the molecule is CC(C)(C)COCSSc1ccc(CC(C)(C)C)cc1. The summed E-state index contributed by atoms with van der Waals surface area (Å²) in [6.07, 6.45) is 1.12. The van der Waals surface area contributed by atoms with Crippen LogP contribution in [0, 0.1) is 10.8 Å². The molecular weight excluding hydrogens is 284 g/mol.